The Bertz CT molecular complexity index is 616. The van der Waals surface area contributed by atoms with Gasteiger partial charge in [-0.25, -0.2) is 0 Å². The number of ether oxygens (including phenoxy) is 1. The first-order valence-electron chi connectivity index (χ1n) is 7.97. The summed E-state index contributed by atoms with van der Waals surface area (Å²) in [6.07, 6.45) is 3.92. The molecule has 0 spiro atoms. The molecular weight excluding hydrogens is 292 g/mol. The highest BCUT2D eigenvalue weighted by Gasteiger charge is 2.24. The summed E-state index contributed by atoms with van der Waals surface area (Å²) in [7, 11) is 1.66. The largest absolute Gasteiger partial charge is 0.497 e. The van der Waals surface area contributed by atoms with Gasteiger partial charge >= 0.3 is 0 Å². The van der Waals surface area contributed by atoms with Gasteiger partial charge in [0.1, 0.15) is 5.75 Å². The molecule has 1 amide bonds. The second kappa shape index (κ2) is 7.33. The third-order valence-corrected chi connectivity index (χ3v) is 4.28. The molecule has 2 heterocycles. The Balaban J connectivity index is 1.71. The molecule has 0 radical (unpaired) electrons. The normalized spacial score (nSPS) is 16.2. The first kappa shape index (κ1) is 15.6. The summed E-state index contributed by atoms with van der Waals surface area (Å²) < 4.78 is 10.4. The lowest BCUT2D eigenvalue weighted by molar-refractivity contribution is 0.0910. The zero-order chi connectivity index (χ0) is 16.1. The smallest absolute Gasteiger partial charge is 0.287 e. The molecule has 1 fully saturated rings. The molecular formula is C18H22N2O3. The van der Waals surface area contributed by atoms with Crippen LogP contribution in [0.2, 0.25) is 0 Å². The van der Waals surface area contributed by atoms with Crippen LogP contribution >= 0.6 is 0 Å². The van der Waals surface area contributed by atoms with Gasteiger partial charge in [-0.2, -0.15) is 0 Å². The van der Waals surface area contributed by atoms with Crippen molar-refractivity contribution in [3.63, 3.8) is 0 Å². The van der Waals surface area contributed by atoms with Gasteiger partial charge in [-0.1, -0.05) is 12.1 Å². The van der Waals surface area contributed by atoms with Crippen LogP contribution in [-0.2, 0) is 0 Å². The molecule has 122 valence electrons. The maximum absolute atomic E-state index is 12.1. The molecule has 1 atom stereocenters. The van der Waals surface area contributed by atoms with E-state index in [1.807, 2.05) is 12.1 Å². The number of methoxy groups -OCH3 is 1. The minimum Gasteiger partial charge on any atom is -0.497 e. The van der Waals surface area contributed by atoms with Crippen LogP contribution in [-0.4, -0.2) is 37.6 Å². The molecule has 0 bridgehead atoms. The highest BCUT2D eigenvalue weighted by molar-refractivity contribution is 5.91. The van der Waals surface area contributed by atoms with E-state index in [0.29, 0.717) is 12.3 Å². The molecule has 23 heavy (non-hydrogen) atoms. The lowest BCUT2D eigenvalue weighted by Gasteiger charge is -2.28. The predicted octanol–water partition coefficient (Wildman–Crippen LogP) is 2.86. The number of nitrogens with zero attached hydrogens (tertiary/aromatic N) is 1. The Morgan fingerprint density at radius 1 is 1.26 bits per heavy atom. The van der Waals surface area contributed by atoms with Crippen LogP contribution in [0.4, 0.5) is 0 Å². The Morgan fingerprint density at radius 3 is 2.61 bits per heavy atom. The molecule has 0 unspecified atom stereocenters. The average molecular weight is 314 g/mol. The number of benzene rings is 1. The molecule has 1 aliphatic heterocycles. The molecule has 3 rings (SSSR count). The van der Waals surface area contributed by atoms with Gasteiger partial charge in [-0.15, -0.1) is 0 Å². The Labute approximate surface area is 136 Å². The van der Waals surface area contributed by atoms with Crippen molar-refractivity contribution in [2.75, 3.05) is 26.7 Å². The van der Waals surface area contributed by atoms with E-state index in [9.17, 15) is 4.79 Å². The average Bonchev–Trinajstić information content (AvgIpc) is 3.29. The molecule has 5 nitrogen and oxygen atoms in total. The van der Waals surface area contributed by atoms with E-state index in [4.69, 9.17) is 9.15 Å². The van der Waals surface area contributed by atoms with E-state index in [1.165, 1.54) is 24.7 Å². The van der Waals surface area contributed by atoms with Crippen molar-refractivity contribution in [1.82, 2.24) is 10.2 Å². The summed E-state index contributed by atoms with van der Waals surface area (Å²) in [5.74, 6) is 1.01. The van der Waals surface area contributed by atoms with Crippen LogP contribution in [0.1, 0.15) is 35.0 Å². The maximum Gasteiger partial charge on any atom is 0.287 e. The lowest BCUT2D eigenvalue weighted by Crippen LogP contribution is -2.36. The Kier molecular flexibility index (Phi) is 4.98. The van der Waals surface area contributed by atoms with Gasteiger partial charge in [0.2, 0.25) is 0 Å². The summed E-state index contributed by atoms with van der Waals surface area (Å²) in [4.78, 5) is 14.5. The van der Waals surface area contributed by atoms with Crippen LogP contribution in [0.25, 0.3) is 0 Å². The highest BCUT2D eigenvalue weighted by atomic mass is 16.5. The number of hydrogen-bond donors (Lipinski definition) is 1. The topological polar surface area (TPSA) is 54.7 Å². The number of hydrogen-bond acceptors (Lipinski definition) is 4. The number of carbonyl (C=O) groups excluding carboxylic acids is 1. The molecule has 1 aromatic carbocycles. The maximum atomic E-state index is 12.1. The number of rotatable bonds is 6. The van der Waals surface area contributed by atoms with Gasteiger partial charge in [0, 0.05) is 6.54 Å². The van der Waals surface area contributed by atoms with E-state index in [2.05, 4.69) is 22.3 Å². The lowest BCUT2D eigenvalue weighted by atomic mass is 10.1. The molecule has 2 aromatic rings. The zero-order valence-corrected chi connectivity index (χ0v) is 13.3. The van der Waals surface area contributed by atoms with Crippen LogP contribution in [0.5, 0.6) is 5.75 Å². The SMILES string of the molecule is COc1ccc([C@H](CNC(=O)c2ccco2)N2CCCC2)cc1. The summed E-state index contributed by atoms with van der Waals surface area (Å²) >= 11 is 0. The van der Waals surface area contributed by atoms with Gasteiger partial charge in [-0.05, 0) is 55.8 Å². The quantitative estimate of drug-likeness (QED) is 0.891. The van der Waals surface area contributed by atoms with Crippen molar-refractivity contribution in [2.45, 2.75) is 18.9 Å². The van der Waals surface area contributed by atoms with Crippen molar-refractivity contribution in [3.8, 4) is 5.75 Å². The zero-order valence-electron chi connectivity index (χ0n) is 13.3. The number of nitrogens with one attached hydrogen (secondary N) is 1. The van der Waals surface area contributed by atoms with E-state index in [1.54, 1.807) is 19.2 Å². The second-order valence-electron chi connectivity index (χ2n) is 5.72. The monoisotopic (exact) mass is 314 g/mol. The molecule has 1 N–H and O–H groups in total. The predicted molar refractivity (Wildman–Crippen MR) is 87.6 cm³/mol. The van der Waals surface area contributed by atoms with E-state index < -0.39 is 0 Å². The van der Waals surface area contributed by atoms with Gasteiger partial charge in [0.05, 0.1) is 19.4 Å². The summed E-state index contributed by atoms with van der Waals surface area (Å²) in [6, 6.07) is 11.6. The summed E-state index contributed by atoms with van der Waals surface area (Å²) in [5, 5.41) is 2.98. The first-order chi connectivity index (χ1) is 11.3. The minimum atomic E-state index is -0.173. The van der Waals surface area contributed by atoms with Gasteiger partial charge in [0.15, 0.2) is 5.76 Å². The minimum absolute atomic E-state index is 0.169. The first-order valence-corrected chi connectivity index (χ1v) is 7.97. The molecule has 1 saturated heterocycles. The molecule has 1 aliphatic rings. The van der Waals surface area contributed by atoms with E-state index in [-0.39, 0.29) is 11.9 Å². The summed E-state index contributed by atoms with van der Waals surface area (Å²) in [6.45, 7) is 2.69. The van der Waals surface area contributed by atoms with Crippen LogP contribution in [0.15, 0.2) is 47.1 Å². The highest BCUT2D eigenvalue weighted by Crippen LogP contribution is 2.26. The van der Waals surface area contributed by atoms with Crippen molar-refractivity contribution in [2.24, 2.45) is 0 Å². The van der Waals surface area contributed by atoms with Gasteiger partial charge in [-0.3, -0.25) is 9.69 Å². The Hall–Kier alpha value is -2.27. The third-order valence-electron chi connectivity index (χ3n) is 4.28. The number of likely N-dealkylation sites (tertiary alicyclic amines) is 1. The fourth-order valence-electron chi connectivity index (χ4n) is 3.02. The molecule has 0 aliphatic carbocycles. The van der Waals surface area contributed by atoms with E-state index in [0.717, 1.165) is 18.8 Å². The van der Waals surface area contributed by atoms with Crippen molar-refractivity contribution in [3.05, 3.63) is 54.0 Å². The van der Waals surface area contributed by atoms with Crippen LogP contribution in [0, 0.1) is 0 Å². The van der Waals surface area contributed by atoms with Crippen molar-refractivity contribution in [1.29, 1.82) is 0 Å². The molecule has 1 aromatic heterocycles. The Morgan fingerprint density at radius 2 is 2.00 bits per heavy atom. The number of carbonyl (C=O) groups is 1. The standard InChI is InChI=1S/C18H22N2O3/c1-22-15-8-6-14(7-9-15)16(20-10-2-3-11-20)13-19-18(21)17-5-4-12-23-17/h4-9,12,16H,2-3,10-11,13H2,1H3,(H,19,21)/t16-/m0/s1. The fraction of sp³-hybridized carbons (Fsp3) is 0.389. The molecule has 5 heteroatoms. The molecule has 0 saturated carbocycles. The van der Waals surface area contributed by atoms with Crippen molar-refractivity contribution >= 4 is 5.91 Å². The van der Waals surface area contributed by atoms with Crippen LogP contribution < -0.4 is 10.1 Å². The third kappa shape index (κ3) is 3.74. The fourth-order valence-corrected chi connectivity index (χ4v) is 3.02. The van der Waals surface area contributed by atoms with E-state index >= 15 is 0 Å². The number of amides is 1. The van der Waals surface area contributed by atoms with Crippen LogP contribution in [0.3, 0.4) is 0 Å². The van der Waals surface area contributed by atoms with Crippen molar-refractivity contribution < 1.29 is 13.9 Å². The summed E-state index contributed by atoms with van der Waals surface area (Å²) in [5.41, 5.74) is 1.19. The number of furan rings is 1. The second-order valence-corrected chi connectivity index (χ2v) is 5.72. The van der Waals surface area contributed by atoms with Gasteiger partial charge in [0.25, 0.3) is 5.91 Å². The van der Waals surface area contributed by atoms with Gasteiger partial charge < -0.3 is 14.5 Å².